The van der Waals surface area contributed by atoms with Crippen LogP contribution in [0, 0.1) is 17.9 Å². The number of hydrogen-bond acceptors (Lipinski definition) is 1. The maximum absolute atomic E-state index is 9.86. The largest absolute Gasteiger partial charge is 0.309 e. The summed E-state index contributed by atoms with van der Waals surface area (Å²) in [7, 11) is 0. The van der Waals surface area contributed by atoms with Crippen LogP contribution in [0.5, 0.6) is 0 Å². The number of aromatic nitrogens is 3. The zero-order valence-electron chi connectivity index (χ0n) is 32.8. The van der Waals surface area contributed by atoms with Crippen molar-refractivity contribution in [1.82, 2.24) is 13.7 Å². The van der Waals surface area contributed by atoms with E-state index in [-0.39, 0.29) is 0 Å². The highest BCUT2D eigenvalue weighted by atomic mass is 15.0. The molecule has 3 aromatic heterocycles. The number of nitriles is 1. The van der Waals surface area contributed by atoms with Gasteiger partial charge in [-0.1, -0.05) is 127 Å². The summed E-state index contributed by atoms with van der Waals surface area (Å²) in [6, 6.07) is 72.7. The molecule has 0 spiro atoms. The minimum atomic E-state index is 0.510. The third-order valence-electron chi connectivity index (χ3n) is 12.3. The molecule has 0 atom stereocenters. The highest BCUT2D eigenvalue weighted by Crippen LogP contribution is 2.45. The third-order valence-corrected chi connectivity index (χ3v) is 12.3. The van der Waals surface area contributed by atoms with Crippen molar-refractivity contribution < 1.29 is 0 Å². The maximum Gasteiger partial charge on any atom is 0.194 e. The lowest BCUT2D eigenvalue weighted by atomic mass is 9.95. The van der Waals surface area contributed by atoms with Gasteiger partial charge in [0, 0.05) is 49.3 Å². The second-order valence-electron chi connectivity index (χ2n) is 15.5. The Morgan fingerprint density at radius 3 is 1.72 bits per heavy atom. The van der Waals surface area contributed by atoms with Crippen molar-refractivity contribution in [2.75, 3.05) is 0 Å². The number of rotatable bonds is 5. The molecule has 12 rings (SSSR count). The van der Waals surface area contributed by atoms with E-state index in [9.17, 15) is 5.26 Å². The van der Waals surface area contributed by atoms with E-state index in [1.165, 1.54) is 32.6 Å². The summed E-state index contributed by atoms with van der Waals surface area (Å²) in [6.07, 6.45) is 0. The lowest BCUT2D eigenvalue weighted by molar-refractivity contribution is 1.17. The summed E-state index contributed by atoms with van der Waals surface area (Å²) in [5, 5.41) is 17.0. The van der Waals surface area contributed by atoms with Crippen molar-refractivity contribution in [2.45, 2.75) is 0 Å². The Morgan fingerprint density at radius 1 is 0.410 bits per heavy atom. The van der Waals surface area contributed by atoms with E-state index in [0.29, 0.717) is 11.3 Å². The van der Waals surface area contributed by atoms with E-state index in [4.69, 9.17) is 6.57 Å². The van der Waals surface area contributed by atoms with E-state index >= 15 is 0 Å². The summed E-state index contributed by atoms with van der Waals surface area (Å²) in [5.41, 5.74) is 14.7. The summed E-state index contributed by atoms with van der Waals surface area (Å²) in [5.74, 6) is 0. The first-order valence-electron chi connectivity index (χ1n) is 20.4. The van der Waals surface area contributed by atoms with Gasteiger partial charge in [-0.3, -0.25) is 0 Å². The van der Waals surface area contributed by atoms with Gasteiger partial charge < -0.3 is 13.7 Å². The molecular formula is C56H33N5. The summed E-state index contributed by atoms with van der Waals surface area (Å²) in [4.78, 5) is 3.87. The number of para-hydroxylation sites is 4. The quantitative estimate of drug-likeness (QED) is 0.161. The van der Waals surface area contributed by atoms with Crippen LogP contribution in [0.25, 0.3) is 110 Å². The van der Waals surface area contributed by atoms with Crippen LogP contribution in [-0.2, 0) is 0 Å². The van der Waals surface area contributed by atoms with Crippen molar-refractivity contribution in [2.24, 2.45) is 0 Å². The SMILES string of the molecule is [C-]#[N+]c1ccc(C#N)cc1-c1ccc(-n2c3ccc(-n4c5ccccc5c5ccccc54)cc3c3ccc4c(c5ccccc5n4-c4ccccc4)c32)c(-c2ccccc2)c1. The fourth-order valence-corrected chi connectivity index (χ4v) is 9.67. The van der Waals surface area contributed by atoms with Crippen LogP contribution in [0.15, 0.2) is 200 Å². The molecule has 0 N–H and O–H groups in total. The highest BCUT2D eigenvalue weighted by molar-refractivity contribution is 6.26. The third kappa shape index (κ3) is 5.12. The molecule has 282 valence electrons. The second-order valence-corrected chi connectivity index (χ2v) is 15.5. The molecule has 0 bridgehead atoms. The molecule has 0 radical (unpaired) electrons. The van der Waals surface area contributed by atoms with E-state index in [1.54, 1.807) is 12.1 Å². The Balaban J connectivity index is 1.23. The molecule has 0 unspecified atom stereocenters. The Kier molecular flexibility index (Phi) is 7.59. The van der Waals surface area contributed by atoms with Gasteiger partial charge >= 0.3 is 0 Å². The molecule has 5 nitrogen and oxygen atoms in total. The van der Waals surface area contributed by atoms with Crippen LogP contribution in [0.2, 0.25) is 0 Å². The van der Waals surface area contributed by atoms with Crippen LogP contribution in [0.3, 0.4) is 0 Å². The Labute approximate surface area is 351 Å². The topological polar surface area (TPSA) is 42.9 Å². The second kappa shape index (κ2) is 13.5. The first-order chi connectivity index (χ1) is 30.2. The molecule has 5 heteroatoms. The predicted molar refractivity (Wildman–Crippen MR) is 251 cm³/mol. The van der Waals surface area contributed by atoms with Crippen molar-refractivity contribution >= 4 is 71.1 Å². The van der Waals surface area contributed by atoms with E-state index in [2.05, 4.69) is 201 Å². The molecule has 0 aliphatic heterocycles. The normalized spacial score (nSPS) is 11.6. The van der Waals surface area contributed by atoms with Crippen molar-refractivity contribution in [1.29, 1.82) is 5.26 Å². The monoisotopic (exact) mass is 775 g/mol. The fourth-order valence-electron chi connectivity index (χ4n) is 9.67. The molecule has 12 aromatic rings. The summed E-state index contributed by atoms with van der Waals surface area (Å²) in [6.45, 7) is 8.02. The molecule has 61 heavy (non-hydrogen) atoms. The van der Waals surface area contributed by atoms with Crippen LogP contribution in [-0.4, -0.2) is 13.7 Å². The van der Waals surface area contributed by atoms with Crippen LogP contribution in [0.1, 0.15) is 5.56 Å². The standard InChI is InChI=1S/C56H33N5/c1-58-48-28-24-36(35-57)32-45(48)38-25-29-52(46(33-38)37-14-4-2-5-15-37)61-53-30-26-40(60-49-21-11-8-18-41(49)42-19-9-12-22-50(42)60)34-47(53)43-27-31-54-55(56(43)61)44-20-10-13-23-51(44)59(54)39-16-6-3-7-17-39/h2-34H. The van der Waals surface area contributed by atoms with E-state index in [1.807, 2.05) is 12.1 Å². The van der Waals surface area contributed by atoms with Gasteiger partial charge in [-0.15, -0.1) is 0 Å². The van der Waals surface area contributed by atoms with E-state index in [0.717, 1.165) is 72.2 Å². The lowest BCUT2D eigenvalue weighted by Crippen LogP contribution is -1.99. The summed E-state index contributed by atoms with van der Waals surface area (Å²) >= 11 is 0. The number of benzene rings is 9. The molecule has 0 fully saturated rings. The first-order valence-corrected chi connectivity index (χ1v) is 20.4. The van der Waals surface area contributed by atoms with Gasteiger partial charge in [-0.05, 0) is 89.5 Å². The highest BCUT2D eigenvalue weighted by Gasteiger charge is 2.24. The molecule has 0 aliphatic carbocycles. The van der Waals surface area contributed by atoms with Crippen LogP contribution >= 0.6 is 0 Å². The smallest absolute Gasteiger partial charge is 0.194 e. The molecular weight excluding hydrogens is 743 g/mol. The molecule has 0 saturated carbocycles. The Hall–Kier alpha value is -8.64. The van der Waals surface area contributed by atoms with Gasteiger partial charge in [-0.25, -0.2) is 4.85 Å². The van der Waals surface area contributed by atoms with Gasteiger partial charge in [0.25, 0.3) is 0 Å². The van der Waals surface area contributed by atoms with Gasteiger partial charge in [0.15, 0.2) is 5.69 Å². The van der Waals surface area contributed by atoms with Crippen molar-refractivity contribution in [3.05, 3.63) is 217 Å². The maximum atomic E-state index is 9.86. The number of nitrogens with zero attached hydrogens (tertiary/aromatic N) is 5. The number of hydrogen-bond donors (Lipinski definition) is 0. The minimum Gasteiger partial charge on any atom is -0.309 e. The molecule has 0 aliphatic rings. The Bertz CT molecular complexity index is 3780. The molecule has 0 amide bonds. The van der Waals surface area contributed by atoms with Gasteiger partial charge in [0.2, 0.25) is 0 Å². The molecule has 9 aromatic carbocycles. The predicted octanol–water partition coefficient (Wildman–Crippen LogP) is 14.7. The van der Waals surface area contributed by atoms with Crippen molar-refractivity contribution in [3.63, 3.8) is 0 Å². The Morgan fingerprint density at radius 2 is 1.02 bits per heavy atom. The van der Waals surface area contributed by atoms with E-state index < -0.39 is 0 Å². The fraction of sp³-hybridized carbons (Fsp3) is 0. The molecule has 3 heterocycles. The van der Waals surface area contributed by atoms with Gasteiger partial charge in [-0.2, -0.15) is 5.26 Å². The summed E-state index contributed by atoms with van der Waals surface area (Å²) < 4.78 is 7.23. The first kappa shape index (κ1) is 34.4. The number of fused-ring (bicyclic) bond motifs is 10. The van der Waals surface area contributed by atoms with Crippen LogP contribution in [0.4, 0.5) is 5.69 Å². The average Bonchev–Trinajstić information content (AvgIpc) is 3.97. The average molecular weight is 776 g/mol. The van der Waals surface area contributed by atoms with Gasteiger partial charge in [0.1, 0.15) is 0 Å². The van der Waals surface area contributed by atoms with Crippen molar-refractivity contribution in [3.8, 4) is 45.4 Å². The minimum absolute atomic E-state index is 0.510. The zero-order chi connectivity index (χ0) is 40.6. The molecule has 0 saturated heterocycles. The lowest BCUT2D eigenvalue weighted by Gasteiger charge is -2.17. The zero-order valence-corrected chi connectivity index (χ0v) is 32.8. The van der Waals surface area contributed by atoms with Crippen LogP contribution < -0.4 is 0 Å². The van der Waals surface area contributed by atoms with Gasteiger partial charge in [0.05, 0.1) is 57.0 Å².